The molecule has 212 valence electrons. The molecule has 3 nitrogen and oxygen atoms in total. The van der Waals surface area contributed by atoms with Crippen LogP contribution < -0.4 is 24.8 Å². The molecule has 3 aromatic rings. The largest absolute Gasteiger partial charge is 2.00 e. The van der Waals surface area contributed by atoms with Crippen molar-refractivity contribution in [2.45, 2.75) is 92.9 Å². The van der Waals surface area contributed by atoms with Gasteiger partial charge in [-0.05, 0) is 71.9 Å². The van der Waals surface area contributed by atoms with Crippen LogP contribution in [0.4, 0.5) is 11.4 Å². The van der Waals surface area contributed by atoms with E-state index in [-0.39, 0.29) is 41.9 Å². The molecule has 0 aliphatic heterocycles. The van der Waals surface area contributed by atoms with Crippen molar-refractivity contribution < 1.29 is 41.9 Å². The van der Waals surface area contributed by atoms with Crippen LogP contribution in [0.15, 0.2) is 64.6 Å². The summed E-state index contributed by atoms with van der Waals surface area (Å²) < 4.78 is 0. The van der Waals surface area contributed by atoms with Crippen LogP contribution in [-0.4, -0.2) is 16.4 Å². The monoisotopic (exact) mass is 607 g/mol. The molecule has 0 N–H and O–H groups in total. The normalized spacial score (nSPS) is 11.9. The number of benzene rings is 2. The first-order chi connectivity index (χ1) is 17.0. The Hall–Kier alpha value is -1.97. The average molecular weight is 608 g/mol. The molecular formula is C33H43Cl2FeN3. The molecule has 2 aromatic carbocycles. The third-order valence-corrected chi connectivity index (χ3v) is 6.73. The summed E-state index contributed by atoms with van der Waals surface area (Å²) in [5.41, 5.74) is 10.9. The number of aliphatic imine (C=N–C) groups is 2. The van der Waals surface area contributed by atoms with Crippen LogP contribution in [0.3, 0.4) is 0 Å². The zero-order chi connectivity index (χ0) is 26.6. The van der Waals surface area contributed by atoms with Crippen LogP contribution in [0, 0.1) is 0 Å². The minimum Gasteiger partial charge on any atom is -1.00 e. The fraction of sp³-hybridized carbons (Fsp3) is 0.424. The maximum absolute atomic E-state index is 5.15. The second-order valence-corrected chi connectivity index (χ2v) is 11.0. The van der Waals surface area contributed by atoms with Gasteiger partial charge >= 0.3 is 17.1 Å². The van der Waals surface area contributed by atoms with Gasteiger partial charge in [-0.1, -0.05) is 97.9 Å². The molecule has 3 rings (SSSR count). The van der Waals surface area contributed by atoms with Crippen LogP contribution in [-0.2, 0) is 17.1 Å². The Kier molecular flexibility index (Phi) is 15.5. The summed E-state index contributed by atoms with van der Waals surface area (Å²) in [6.45, 7) is 22.0. The number of hydrogen-bond donors (Lipinski definition) is 0. The second-order valence-electron chi connectivity index (χ2n) is 11.0. The van der Waals surface area contributed by atoms with Gasteiger partial charge in [-0.25, -0.2) is 4.98 Å². The van der Waals surface area contributed by atoms with E-state index in [9.17, 15) is 0 Å². The Bertz CT molecular complexity index is 1130. The first-order valence-corrected chi connectivity index (χ1v) is 13.3. The Labute approximate surface area is 259 Å². The molecular weight excluding hydrogens is 565 g/mol. The van der Waals surface area contributed by atoms with E-state index in [1.165, 1.54) is 22.3 Å². The van der Waals surface area contributed by atoms with Crippen molar-refractivity contribution in [1.82, 2.24) is 4.98 Å². The van der Waals surface area contributed by atoms with Crippen LogP contribution in [0.25, 0.3) is 0 Å². The van der Waals surface area contributed by atoms with E-state index in [4.69, 9.17) is 15.0 Å². The molecule has 0 spiro atoms. The first-order valence-electron chi connectivity index (χ1n) is 13.3. The van der Waals surface area contributed by atoms with E-state index in [1.54, 1.807) is 0 Å². The molecule has 0 atom stereocenters. The van der Waals surface area contributed by atoms with Gasteiger partial charge in [0.05, 0.1) is 34.2 Å². The molecule has 0 fully saturated rings. The van der Waals surface area contributed by atoms with Gasteiger partial charge in [-0.2, -0.15) is 0 Å². The summed E-state index contributed by atoms with van der Waals surface area (Å²) in [4.78, 5) is 15.3. The van der Waals surface area contributed by atoms with Crippen LogP contribution in [0.2, 0.25) is 0 Å². The van der Waals surface area contributed by atoms with Gasteiger partial charge in [0.2, 0.25) is 0 Å². The summed E-state index contributed by atoms with van der Waals surface area (Å²) in [5.74, 6) is 1.61. The molecule has 0 radical (unpaired) electrons. The maximum atomic E-state index is 5.15. The number of hydrogen-bond acceptors (Lipinski definition) is 3. The second kappa shape index (κ2) is 16.3. The Morgan fingerprint density at radius 3 is 1.03 bits per heavy atom. The SMILES string of the molecule is C/C(=N\c1c(C(C)C)cccc1C(C)C)c1cccc(/C(C)=N/c2c(C(C)C)cccc2C(C)C)n1.[Cl-].[Cl-].[Fe+2]. The summed E-state index contributed by atoms with van der Waals surface area (Å²) >= 11 is 0. The number of rotatable bonds is 8. The molecule has 0 saturated carbocycles. The minimum atomic E-state index is 0. The summed E-state index contributed by atoms with van der Waals surface area (Å²) in [6, 6.07) is 19.2. The average Bonchev–Trinajstić information content (AvgIpc) is 2.83. The van der Waals surface area contributed by atoms with Gasteiger partial charge in [0, 0.05) is 0 Å². The van der Waals surface area contributed by atoms with Crippen molar-refractivity contribution >= 4 is 22.8 Å². The molecule has 39 heavy (non-hydrogen) atoms. The predicted octanol–water partition coefficient (Wildman–Crippen LogP) is 3.86. The number of para-hydroxylation sites is 2. The van der Waals surface area contributed by atoms with Crippen molar-refractivity contribution in [3.63, 3.8) is 0 Å². The van der Waals surface area contributed by atoms with Crippen molar-refractivity contribution in [2.24, 2.45) is 9.98 Å². The first kappa shape index (κ1) is 37.0. The summed E-state index contributed by atoms with van der Waals surface area (Å²) in [5, 5.41) is 0. The Morgan fingerprint density at radius 1 is 0.513 bits per heavy atom. The Balaban J connectivity index is 0.00000481. The molecule has 0 unspecified atom stereocenters. The van der Waals surface area contributed by atoms with E-state index in [1.807, 2.05) is 12.1 Å². The zero-order valence-corrected chi connectivity index (χ0v) is 27.6. The number of aromatic nitrogens is 1. The van der Waals surface area contributed by atoms with Crippen molar-refractivity contribution in [1.29, 1.82) is 0 Å². The van der Waals surface area contributed by atoms with Gasteiger partial charge in [-0.3, -0.25) is 9.98 Å². The number of nitrogens with zero attached hydrogens (tertiary/aromatic N) is 3. The third kappa shape index (κ3) is 9.02. The van der Waals surface area contributed by atoms with Crippen molar-refractivity contribution in [3.8, 4) is 0 Å². The molecule has 1 aromatic heterocycles. The van der Waals surface area contributed by atoms with E-state index in [2.05, 4.69) is 112 Å². The van der Waals surface area contributed by atoms with E-state index < -0.39 is 0 Å². The van der Waals surface area contributed by atoms with Crippen LogP contribution in [0.1, 0.15) is 127 Å². The van der Waals surface area contributed by atoms with E-state index in [0.29, 0.717) is 23.7 Å². The number of pyridine rings is 1. The zero-order valence-electron chi connectivity index (χ0n) is 25.0. The molecule has 0 amide bonds. The van der Waals surface area contributed by atoms with Crippen molar-refractivity contribution in [3.05, 3.63) is 88.2 Å². The molecule has 0 aliphatic rings. The Morgan fingerprint density at radius 2 is 0.769 bits per heavy atom. The quantitative estimate of drug-likeness (QED) is 0.283. The van der Waals surface area contributed by atoms with Crippen molar-refractivity contribution in [2.75, 3.05) is 0 Å². The summed E-state index contributed by atoms with van der Waals surface area (Å²) in [6.07, 6.45) is 0. The van der Waals surface area contributed by atoms with Gasteiger partial charge in [0.25, 0.3) is 0 Å². The van der Waals surface area contributed by atoms with E-state index in [0.717, 1.165) is 34.2 Å². The molecule has 0 aliphatic carbocycles. The van der Waals surface area contributed by atoms with Crippen LogP contribution >= 0.6 is 0 Å². The predicted molar refractivity (Wildman–Crippen MR) is 157 cm³/mol. The summed E-state index contributed by atoms with van der Waals surface area (Å²) in [7, 11) is 0. The van der Waals surface area contributed by atoms with Gasteiger partial charge in [0.1, 0.15) is 0 Å². The third-order valence-electron chi connectivity index (χ3n) is 6.73. The smallest absolute Gasteiger partial charge is 1.00 e. The fourth-order valence-electron chi connectivity index (χ4n) is 4.57. The fourth-order valence-corrected chi connectivity index (χ4v) is 4.57. The standard InChI is InChI=1S/C33H43N3.2ClH.Fe/c1-20(2)26-14-11-15-27(21(3)4)32(26)34-24(9)30-18-13-19-31(36-30)25(10)35-33-28(22(5)6)16-12-17-29(33)23(7)8;;;/h11-23H,1-10H3;2*1H;/q;;;+2/p-2/b34-24+,35-25+;;;. The molecule has 0 bridgehead atoms. The maximum Gasteiger partial charge on any atom is 2.00 e. The topological polar surface area (TPSA) is 37.6 Å². The molecule has 6 heteroatoms. The van der Waals surface area contributed by atoms with Crippen LogP contribution in [0.5, 0.6) is 0 Å². The van der Waals surface area contributed by atoms with E-state index >= 15 is 0 Å². The minimum absolute atomic E-state index is 0. The molecule has 0 saturated heterocycles. The molecule has 1 heterocycles. The van der Waals surface area contributed by atoms with Gasteiger partial charge in [0.15, 0.2) is 0 Å². The number of halogens is 2. The van der Waals surface area contributed by atoms with Gasteiger partial charge < -0.3 is 24.8 Å². The van der Waals surface area contributed by atoms with Gasteiger partial charge in [-0.15, -0.1) is 0 Å².